The van der Waals surface area contributed by atoms with E-state index in [2.05, 4.69) is 40.3 Å². The maximum Gasteiger partial charge on any atom is 0.227 e. The predicted octanol–water partition coefficient (Wildman–Crippen LogP) is 5.32. The van der Waals surface area contributed by atoms with Crippen molar-refractivity contribution < 1.29 is 4.74 Å². The third kappa shape index (κ3) is 3.39. The Labute approximate surface area is 168 Å². The summed E-state index contributed by atoms with van der Waals surface area (Å²) in [5, 5.41) is 8.06. The number of hydrogen-bond acceptors (Lipinski definition) is 5. The van der Waals surface area contributed by atoms with E-state index in [1.54, 1.807) is 24.0 Å². The Morgan fingerprint density at radius 2 is 2.00 bits per heavy atom. The molecule has 0 aliphatic heterocycles. The predicted molar refractivity (Wildman–Crippen MR) is 112 cm³/mol. The number of fused-ring (bicyclic) bond motifs is 1. The fourth-order valence-corrected chi connectivity index (χ4v) is 3.22. The second-order valence-electron chi connectivity index (χ2n) is 6.72. The Balaban J connectivity index is 1.72. The number of benzene rings is 1. The topological polar surface area (TPSA) is 64.3 Å². The van der Waals surface area contributed by atoms with Crippen LogP contribution in [0.5, 0.6) is 5.75 Å². The number of ether oxygens (including phenoxy) is 1. The van der Waals surface area contributed by atoms with Crippen LogP contribution in [0, 0.1) is 0 Å². The minimum Gasteiger partial charge on any atom is -0.495 e. The van der Waals surface area contributed by atoms with Crippen LogP contribution in [0.3, 0.4) is 0 Å². The second-order valence-corrected chi connectivity index (χ2v) is 7.13. The molecule has 0 saturated heterocycles. The quantitative estimate of drug-likeness (QED) is 0.497. The Morgan fingerprint density at radius 3 is 2.79 bits per heavy atom. The monoisotopic (exact) mass is 393 g/mol. The van der Waals surface area contributed by atoms with Crippen LogP contribution in [0.25, 0.3) is 16.8 Å². The Morgan fingerprint density at radius 1 is 1.14 bits per heavy atom. The molecular weight excluding hydrogens is 374 g/mol. The Kier molecular flexibility index (Phi) is 4.88. The summed E-state index contributed by atoms with van der Waals surface area (Å²) in [4.78, 5) is 8.95. The van der Waals surface area contributed by atoms with Crippen molar-refractivity contribution >= 4 is 28.8 Å². The van der Waals surface area contributed by atoms with Crippen molar-refractivity contribution in [1.82, 2.24) is 19.6 Å². The maximum atomic E-state index is 6.39. The second kappa shape index (κ2) is 7.48. The molecule has 0 amide bonds. The zero-order valence-electron chi connectivity index (χ0n) is 15.8. The summed E-state index contributed by atoms with van der Waals surface area (Å²) < 4.78 is 7.32. The number of halogens is 1. The van der Waals surface area contributed by atoms with E-state index < -0.39 is 0 Å². The molecule has 7 heteroatoms. The number of rotatable bonds is 5. The third-order valence-electron chi connectivity index (χ3n) is 4.56. The van der Waals surface area contributed by atoms with Gasteiger partial charge in [-0.05, 0) is 35.7 Å². The van der Waals surface area contributed by atoms with Crippen LogP contribution < -0.4 is 10.1 Å². The molecule has 0 unspecified atom stereocenters. The molecule has 0 spiro atoms. The van der Waals surface area contributed by atoms with Crippen molar-refractivity contribution in [3.05, 3.63) is 65.6 Å². The Hall–Kier alpha value is -3.12. The zero-order chi connectivity index (χ0) is 19.7. The lowest BCUT2D eigenvalue weighted by atomic mass is 10.0. The molecule has 0 aliphatic rings. The average molecular weight is 394 g/mol. The van der Waals surface area contributed by atoms with E-state index in [1.807, 2.05) is 36.5 Å². The largest absolute Gasteiger partial charge is 0.495 e. The van der Waals surface area contributed by atoms with Crippen LogP contribution in [0.1, 0.15) is 25.3 Å². The summed E-state index contributed by atoms with van der Waals surface area (Å²) in [6.07, 6.45) is 5.23. The van der Waals surface area contributed by atoms with Crippen molar-refractivity contribution in [3.63, 3.8) is 0 Å². The number of methoxy groups -OCH3 is 1. The van der Waals surface area contributed by atoms with Crippen molar-refractivity contribution in [2.75, 3.05) is 12.4 Å². The van der Waals surface area contributed by atoms with Gasteiger partial charge in [0.25, 0.3) is 0 Å². The van der Waals surface area contributed by atoms with Crippen molar-refractivity contribution in [2.45, 2.75) is 19.8 Å². The molecule has 0 radical (unpaired) electrons. The highest BCUT2D eigenvalue weighted by molar-refractivity contribution is 6.33. The average Bonchev–Trinajstić information content (AvgIpc) is 3.13. The lowest BCUT2D eigenvalue weighted by Gasteiger charge is -2.14. The number of aromatic nitrogens is 4. The highest BCUT2D eigenvalue weighted by Gasteiger charge is 2.14. The van der Waals surface area contributed by atoms with Crippen LogP contribution in [-0.2, 0) is 0 Å². The number of nitrogens with one attached hydrogen (secondary N) is 1. The molecule has 4 rings (SSSR count). The molecule has 6 nitrogen and oxygen atoms in total. The Bertz CT molecular complexity index is 1140. The van der Waals surface area contributed by atoms with Gasteiger partial charge in [0.2, 0.25) is 5.95 Å². The van der Waals surface area contributed by atoms with E-state index in [1.165, 1.54) is 5.56 Å². The number of pyridine rings is 1. The molecule has 4 aromatic rings. The lowest BCUT2D eigenvalue weighted by Crippen LogP contribution is -2.01. The molecule has 0 atom stereocenters. The molecule has 1 N–H and O–H groups in total. The number of anilines is 2. The van der Waals surface area contributed by atoms with Crippen LogP contribution in [0.2, 0.25) is 5.02 Å². The fourth-order valence-electron chi connectivity index (χ4n) is 3.02. The fraction of sp³-hybridized carbons (Fsp3) is 0.190. The summed E-state index contributed by atoms with van der Waals surface area (Å²) in [6, 6.07) is 11.9. The van der Waals surface area contributed by atoms with Gasteiger partial charge < -0.3 is 10.1 Å². The van der Waals surface area contributed by atoms with Crippen LogP contribution in [-0.4, -0.2) is 26.7 Å². The number of hydrogen-bond donors (Lipinski definition) is 1. The van der Waals surface area contributed by atoms with Crippen molar-refractivity contribution in [3.8, 4) is 17.0 Å². The van der Waals surface area contributed by atoms with Crippen LogP contribution >= 0.6 is 11.6 Å². The molecule has 3 aromatic heterocycles. The molecule has 0 fully saturated rings. The molecule has 3 heterocycles. The van der Waals surface area contributed by atoms with Gasteiger partial charge in [0, 0.05) is 11.8 Å². The standard InChI is InChI=1S/C21H20ClN5O/c1-13(2)14-7-8-17(19(10-14)28-3)25-21-23-12-16(22)20(26-21)15-11-24-27-9-5-4-6-18(15)27/h4-13H,1-3H3,(H,23,25,26). The van der Waals surface area contributed by atoms with Gasteiger partial charge in [-0.2, -0.15) is 5.10 Å². The highest BCUT2D eigenvalue weighted by Crippen LogP contribution is 2.33. The van der Waals surface area contributed by atoms with Crippen molar-refractivity contribution in [1.29, 1.82) is 0 Å². The summed E-state index contributed by atoms with van der Waals surface area (Å²) >= 11 is 6.39. The van der Waals surface area contributed by atoms with E-state index in [0.29, 0.717) is 22.6 Å². The molecule has 0 bridgehead atoms. The SMILES string of the molecule is COc1cc(C(C)C)ccc1Nc1ncc(Cl)c(-c2cnn3ccccc23)n1. The summed E-state index contributed by atoms with van der Waals surface area (Å²) in [5.41, 5.74) is 4.38. The van der Waals surface area contributed by atoms with E-state index in [4.69, 9.17) is 16.3 Å². The van der Waals surface area contributed by atoms with Gasteiger partial charge in [-0.1, -0.05) is 37.6 Å². The van der Waals surface area contributed by atoms with Gasteiger partial charge in [-0.3, -0.25) is 0 Å². The minimum absolute atomic E-state index is 0.414. The normalized spacial score (nSPS) is 11.2. The van der Waals surface area contributed by atoms with Gasteiger partial charge in [-0.25, -0.2) is 14.5 Å². The highest BCUT2D eigenvalue weighted by atomic mass is 35.5. The van der Waals surface area contributed by atoms with E-state index in [9.17, 15) is 0 Å². The first kappa shape index (κ1) is 18.3. The minimum atomic E-state index is 0.414. The zero-order valence-corrected chi connectivity index (χ0v) is 16.6. The maximum absolute atomic E-state index is 6.39. The first-order valence-electron chi connectivity index (χ1n) is 8.97. The molecule has 0 aliphatic carbocycles. The lowest BCUT2D eigenvalue weighted by molar-refractivity contribution is 0.416. The van der Waals surface area contributed by atoms with Crippen LogP contribution in [0.4, 0.5) is 11.6 Å². The number of nitrogens with zero attached hydrogens (tertiary/aromatic N) is 4. The molecule has 0 saturated carbocycles. The van der Waals surface area contributed by atoms with Crippen molar-refractivity contribution in [2.24, 2.45) is 0 Å². The van der Waals surface area contributed by atoms with Gasteiger partial charge in [0.15, 0.2) is 0 Å². The van der Waals surface area contributed by atoms with E-state index in [0.717, 1.165) is 22.5 Å². The van der Waals surface area contributed by atoms with Crippen LogP contribution in [0.15, 0.2) is 55.0 Å². The van der Waals surface area contributed by atoms with Gasteiger partial charge in [0.05, 0.1) is 41.4 Å². The third-order valence-corrected chi connectivity index (χ3v) is 4.84. The summed E-state index contributed by atoms with van der Waals surface area (Å²) in [5.74, 6) is 1.59. The smallest absolute Gasteiger partial charge is 0.227 e. The molecule has 142 valence electrons. The van der Waals surface area contributed by atoms with Gasteiger partial charge >= 0.3 is 0 Å². The van der Waals surface area contributed by atoms with E-state index >= 15 is 0 Å². The van der Waals surface area contributed by atoms with Gasteiger partial charge in [-0.15, -0.1) is 0 Å². The molecular formula is C21H20ClN5O. The molecule has 28 heavy (non-hydrogen) atoms. The van der Waals surface area contributed by atoms with Gasteiger partial charge in [0.1, 0.15) is 5.75 Å². The first-order chi connectivity index (χ1) is 13.6. The first-order valence-corrected chi connectivity index (χ1v) is 9.35. The summed E-state index contributed by atoms with van der Waals surface area (Å²) in [6.45, 7) is 4.29. The van der Waals surface area contributed by atoms with E-state index in [-0.39, 0.29) is 0 Å². The molecule has 1 aromatic carbocycles. The summed E-state index contributed by atoms with van der Waals surface area (Å²) in [7, 11) is 1.65.